The Labute approximate surface area is 171 Å². The molecule has 2 amide bonds. The molecule has 0 aliphatic carbocycles. The van der Waals surface area contributed by atoms with Crippen LogP contribution in [0.5, 0.6) is 0 Å². The molecule has 3 heterocycles. The van der Waals surface area contributed by atoms with Crippen molar-refractivity contribution in [3.63, 3.8) is 0 Å². The van der Waals surface area contributed by atoms with E-state index in [0.29, 0.717) is 26.3 Å². The highest BCUT2D eigenvalue weighted by Crippen LogP contribution is 2.19. The maximum absolute atomic E-state index is 12.6. The van der Waals surface area contributed by atoms with E-state index >= 15 is 0 Å². The van der Waals surface area contributed by atoms with Crippen molar-refractivity contribution in [3.05, 3.63) is 41.6 Å². The molecular weight excluding hydrogens is 368 g/mol. The number of morpholine rings is 1. The van der Waals surface area contributed by atoms with E-state index in [2.05, 4.69) is 26.2 Å². The number of aromatic nitrogens is 2. The van der Waals surface area contributed by atoms with E-state index < -0.39 is 0 Å². The second-order valence-electron chi connectivity index (χ2n) is 7.59. The smallest absolute Gasteiger partial charge is 0.321 e. The van der Waals surface area contributed by atoms with Gasteiger partial charge in [0.25, 0.3) is 0 Å². The summed E-state index contributed by atoms with van der Waals surface area (Å²) < 4.78 is 5.41. The highest BCUT2D eigenvalue weighted by Gasteiger charge is 2.23. The van der Waals surface area contributed by atoms with Crippen molar-refractivity contribution in [1.82, 2.24) is 14.9 Å². The lowest BCUT2D eigenvalue weighted by Crippen LogP contribution is -2.50. The van der Waals surface area contributed by atoms with Crippen LogP contribution in [0.25, 0.3) is 0 Å². The molecule has 0 spiro atoms. The van der Waals surface area contributed by atoms with Crippen LogP contribution >= 0.6 is 0 Å². The number of nitrogens with zero attached hydrogens (tertiary/aromatic N) is 5. The maximum atomic E-state index is 12.6. The first-order valence-corrected chi connectivity index (χ1v) is 10.1. The highest BCUT2D eigenvalue weighted by atomic mass is 16.5. The minimum atomic E-state index is -0.0497. The summed E-state index contributed by atoms with van der Waals surface area (Å²) in [6.07, 6.45) is 1.81. The van der Waals surface area contributed by atoms with Gasteiger partial charge in [-0.05, 0) is 43.2 Å². The Hall–Kier alpha value is -2.87. The molecule has 2 aromatic rings. The number of amides is 2. The fourth-order valence-corrected chi connectivity index (χ4v) is 3.82. The molecule has 0 radical (unpaired) electrons. The fourth-order valence-electron chi connectivity index (χ4n) is 3.82. The molecule has 1 aromatic carbocycles. The lowest BCUT2D eigenvalue weighted by Gasteiger charge is -2.35. The molecule has 29 heavy (non-hydrogen) atoms. The van der Waals surface area contributed by atoms with E-state index in [4.69, 9.17) is 9.72 Å². The van der Waals surface area contributed by atoms with E-state index in [9.17, 15) is 4.79 Å². The molecule has 0 unspecified atom stereocenters. The van der Waals surface area contributed by atoms with Crippen molar-refractivity contribution in [2.24, 2.45) is 0 Å². The zero-order valence-corrected chi connectivity index (χ0v) is 17.1. The molecule has 0 atom stereocenters. The number of urea groups is 1. The van der Waals surface area contributed by atoms with Gasteiger partial charge in [0.1, 0.15) is 5.82 Å². The van der Waals surface area contributed by atoms with Crippen LogP contribution in [0.15, 0.2) is 30.5 Å². The van der Waals surface area contributed by atoms with E-state index in [1.165, 1.54) is 0 Å². The third-order valence-corrected chi connectivity index (χ3v) is 5.29. The number of anilines is 3. The summed E-state index contributed by atoms with van der Waals surface area (Å²) in [5.74, 6) is 1.66. The van der Waals surface area contributed by atoms with E-state index in [-0.39, 0.29) is 6.03 Å². The standard InChI is InChI=1S/C21H28N6O2/c1-16-13-17(2)15-18(14-16)23-21(28)27-7-5-25(6-8-27)19-3-4-22-20(24-19)26-9-11-29-12-10-26/h3-4,13-15H,5-12H2,1-2H3,(H,23,28). The number of hydrogen-bond donors (Lipinski definition) is 1. The molecule has 0 saturated carbocycles. The van der Waals surface area contributed by atoms with Crippen molar-refractivity contribution >= 4 is 23.5 Å². The minimum absolute atomic E-state index is 0.0497. The normalized spacial score (nSPS) is 17.4. The SMILES string of the molecule is Cc1cc(C)cc(NC(=O)N2CCN(c3ccnc(N4CCOCC4)n3)CC2)c1. The van der Waals surface area contributed by atoms with Gasteiger partial charge in [-0.3, -0.25) is 0 Å². The van der Waals surface area contributed by atoms with Crippen LogP contribution in [0, 0.1) is 13.8 Å². The largest absolute Gasteiger partial charge is 0.378 e. The quantitative estimate of drug-likeness (QED) is 0.858. The summed E-state index contributed by atoms with van der Waals surface area (Å²) in [6.45, 7) is 9.94. The lowest BCUT2D eigenvalue weighted by molar-refractivity contribution is 0.122. The average Bonchev–Trinajstić information content (AvgIpc) is 2.74. The van der Waals surface area contributed by atoms with Crippen LogP contribution in [0.1, 0.15) is 11.1 Å². The van der Waals surface area contributed by atoms with Crippen molar-refractivity contribution in [2.45, 2.75) is 13.8 Å². The van der Waals surface area contributed by atoms with Gasteiger partial charge in [0.15, 0.2) is 0 Å². The monoisotopic (exact) mass is 396 g/mol. The average molecular weight is 396 g/mol. The Morgan fingerprint density at radius 2 is 1.66 bits per heavy atom. The third kappa shape index (κ3) is 4.76. The fraction of sp³-hybridized carbons (Fsp3) is 0.476. The van der Waals surface area contributed by atoms with Crippen LogP contribution in [0.3, 0.4) is 0 Å². The summed E-state index contributed by atoms with van der Waals surface area (Å²) >= 11 is 0. The number of aryl methyl sites for hydroxylation is 2. The van der Waals surface area contributed by atoms with Crippen molar-refractivity contribution in [3.8, 4) is 0 Å². The molecule has 2 saturated heterocycles. The Morgan fingerprint density at radius 1 is 0.966 bits per heavy atom. The Kier molecular flexibility index (Phi) is 5.80. The lowest BCUT2D eigenvalue weighted by atomic mass is 10.1. The molecular formula is C21H28N6O2. The van der Waals surface area contributed by atoms with E-state index in [1.807, 2.05) is 43.1 Å². The number of nitrogens with one attached hydrogen (secondary N) is 1. The van der Waals surface area contributed by atoms with E-state index in [1.54, 1.807) is 0 Å². The number of rotatable bonds is 3. The maximum Gasteiger partial charge on any atom is 0.321 e. The zero-order valence-electron chi connectivity index (χ0n) is 17.1. The van der Waals surface area contributed by atoms with Gasteiger partial charge in [0.2, 0.25) is 5.95 Å². The molecule has 154 valence electrons. The van der Waals surface area contributed by atoms with Crippen LogP contribution < -0.4 is 15.1 Å². The summed E-state index contributed by atoms with van der Waals surface area (Å²) in [5.41, 5.74) is 3.13. The summed E-state index contributed by atoms with van der Waals surface area (Å²) in [6, 6.07) is 7.98. The second kappa shape index (κ2) is 8.65. The number of benzene rings is 1. The molecule has 2 aliphatic rings. The molecule has 0 bridgehead atoms. The van der Waals surface area contributed by atoms with Crippen molar-refractivity contribution < 1.29 is 9.53 Å². The van der Waals surface area contributed by atoms with Crippen LogP contribution in [-0.2, 0) is 4.74 Å². The molecule has 8 heteroatoms. The number of hydrogen-bond acceptors (Lipinski definition) is 6. The molecule has 1 aromatic heterocycles. The van der Waals surface area contributed by atoms with Crippen LogP contribution in [0.2, 0.25) is 0 Å². The Morgan fingerprint density at radius 3 is 2.34 bits per heavy atom. The van der Waals surface area contributed by atoms with Gasteiger partial charge in [0.05, 0.1) is 13.2 Å². The first-order valence-electron chi connectivity index (χ1n) is 10.1. The predicted octanol–water partition coefficient (Wildman–Crippen LogP) is 2.28. The van der Waals surface area contributed by atoms with Gasteiger partial charge in [-0.2, -0.15) is 4.98 Å². The summed E-state index contributed by atoms with van der Waals surface area (Å²) in [5, 5.41) is 3.02. The zero-order chi connectivity index (χ0) is 20.2. The van der Waals surface area contributed by atoms with Gasteiger partial charge in [-0.25, -0.2) is 9.78 Å². The number of piperazine rings is 1. The van der Waals surface area contributed by atoms with Gasteiger partial charge in [-0.15, -0.1) is 0 Å². The van der Waals surface area contributed by atoms with Gasteiger partial charge >= 0.3 is 6.03 Å². The first-order chi connectivity index (χ1) is 14.1. The van der Waals surface area contributed by atoms with Gasteiger partial charge < -0.3 is 24.8 Å². The van der Waals surface area contributed by atoms with Crippen molar-refractivity contribution in [1.29, 1.82) is 0 Å². The molecule has 4 rings (SSSR count). The van der Waals surface area contributed by atoms with Crippen LogP contribution in [0.4, 0.5) is 22.2 Å². The first kappa shape index (κ1) is 19.4. The van der Waals surface area contributed by atoms with Gasteiger partial charge in [0, 0.05) is 51.2 Å². The molecule has 1 N–H and O–H groups in total. The number of ether oxygens (including phenoxy) is 1. The summed E-state index contributed by atoms with van der Waals surface area (Å²) in [7, 11) is 0. The van der Waals surface area contributed by atoms with Crippen molar-refractivity contribution in [2.75, 3.05) is 67.6 Å². The molecule has 2 fully saturated rings. The number of carbonyl (C=O) groups excluding carboxylic acids is 1. The summed E-state index contributed by atoms with van der Waals surface area (Å²) in [4.78, 5) is 28.0. The van der Waals surface area contributed by atoms with E-state index in [0.717, 1.165) is 54.8 Å². The highest BCUT2D eigenvalue weighted by molar-refractivity contribution is 5.89. The molecule has 8 nitrogen and oxygen atoms in total. The number of carbonyl (C=O) groups is 1. The Bertz CT molecular complexity index is 840. The van der Waals surface area contributed by atoms with Crippen LogP contribution in [-0.4, -0.2) is 73.4 Å². The minimum Gasteiger partial charge on any atom is -0.378 e. The predicted molar refractivity (Wildman–Crippen MR) is 114 cm³/mol. The second-order valence-corrected chi connectivity index (χ2v) is 7.59. The Balaban J connectivity index is 1.35. The third-order valence-electron chi connectivity index (χ3n) is 5.29. The molecule has 2 aliphatic heterocycles. The topological polar surface area (TPSA) is 73.8 Å². The van der Waals surface area contributed by atoms with Gasteiger partial charge in [-0.1, -0.05) is 6.07 Å².